The lowest BCUT2D eigenvalue weighted by molar-refractivity contribution is 0.0264. The van der Waals surface area contributed by atoms with E-state index in [0.29, 0.717) is 5.92 Å². The summed E-state index contributed by atoms with van der Waals surface area (Å²) in [5.74, 6) is 1.63. The lowest BCUT2D eigenvalue weighted by Crippen LogP contribution is -2.58. The Hall–Kier alpha value is -2.00. The standard InChI is InChI=1S/C20H20N2O/c1-21-16-7-4-5-13-11-22-10-9-20(18(13)16)15(12-22)14-6-2-3-8-17(14)23-19(20)21/h2-8,15,19H,9-12H2,1H3/t15-,19+,20+/m1/s1. The molecule has 5 heterocycles. The van der Waals surface area contributed by atoms with Crippen molar-refractivity contribution in [2.24, 2.45) is 0 Å². The van der Waals surface area contributed by atoms with Gasteiger partial charge in [-0.1, -0.05) is 30.3 Å². The average Bonchev–Trinajstić information content (AvgIpc) is 2.72. The number of nitrogens with zero attached hydrogens (tertiary/aromatic N) is 2. The zero-order valence-electron chi connectivity index (χ0n) is 13.3. The van der Waals surface area contributed by atoms with E-state index in [1.165, 1.54) is 29.8 Å². The Labute approximate surface area is 136 Å². The van der Waals surface area contributed by atoms with Crippen LogP contribution in [-0.4, -0.2) is 31.3 Å². The molecule has 1 saturated heterocycles. The van der Waals surface area contributed by atoms with Crippen molar-refractivity contribution >= 4 is 5.69 Å². The van der Waals surface area contributed by atoms with Gasteiger partial charge in [0.15, 0.2) is 6.23 Å². The van der Waals surface area contributed by atoms with E-state index in [4.69, 9.17) is 4.74 Å². The maximum atomic E-state index is 6.59. The monoisotopic (exact) mass is 304 g/mol. The summed E-state index contributed by atoms with van der Waals surface area (Å²) in [7, 11) is 2.21. The smallest absolute Gasteiger partial charge is 0.182 e. The molecule has 1 spiro atoms. The number of hydrogen-bond acceptors (Lipinski definition) is 3. The van der Waals surface area contributed by atoms with Gasteiger partial charge in [0.05, 0.1) is 5.41 Å². The first kappa shape index (κ1) is 12.4. The molecule has 116 valence electrons. The first-order chi connectivity index (χ1) is 11.3. The van der Waals surface area contributed by atoms with Gasteiger partial charge in [0.2, 0.25) is 0 Å². The summed E-state index contributed by atoms with van der Waals surface area (Å²) in [6, 6.07) is 15.5. The Morgan fingerprint density at radius 3 is 3.00 bits per heavy atom. The second-order valence-electron chi connectivity index (χ2n) is 7.51. The minimum absolute atomic E-state index is 0.127. The number of para-hydroxylation sites is 1. The third kappa shape index (κ3) is 1.29. The van der Waals surface area contributed by atoms with E-state index < -0.39 is 0 Å². The van der Waals surface area contributed by atoms with Crippen LogP contribution in [0.4, 0.5) is 5.69 Å². The molecule has 0 amide bonds. The van der Waals surface area contributed by atoms with E-state index in [2.05, 4.69) is 59.3 Å². The molecule has 0 aromatic heterocycles. The fraction of sp³-hybridized carbons (Fsp3) is 0.400. The molecule has 3 heteroatoms. The molecule has 2 aromatic carbocycles. The second kappa shape index (κ2) is 3.90. The van der Waals surface area contributed by atoms with E-state index >= 15 is 0 Å². The van der Waals surface area contributed by atoms with E-state index in [1.54, 1.807) is 5.56 Å². The predicted octanol–water partition coefficient (Wildman–Crippen LogP) is 3.10. The summed E-state index contributed by atoms with van der Waals surface area (Å²) < 4.78 is 6.59. The molecule has 0 N–H and O–H groups in total. The molecule has 4 atom stereocenters. The lowest BCUT2D eigenvalue weighted by Gasteiger charge is -2.51. The molecule has 0 radical (unpaired) electrons. The quantitative estimate of drug-likeness (QED) is 0.744. The zero-order valence-corrected chi connectivity index (χ0v) is 13.3. The maximum absolute atomic E-state index is 6.59. The van der Waals surface area contributed by atoms with Crippen LogP contribution in [0.5, 0.6) is 5.75 Å². The highest BCUT2D eigenvalue weighted by atomic mass is 16.5. The van der Waals surface area contributed by atoms with E-state index in [1.807, 2.05) is 0 Å². The largest absolute Gasteiger partial charge is 0.469 e. The van der Waals surface area contributed by atoms with Crippen molar-refractivity contribution in [3.63, 3.8) is 0 Å². The van der Waals surface area contributed by atoms with Crippen LogP contribution < -0.4 is 9.64 Å². The third-order valence-electron chi connectivity index (χ3n) is 6.60. The van der Waals surface area contributed by atoms with Gasteiger partial charge in [-0.25, -0.2) is 0 Å². The van der Waals surface area contributed by atoms with Gasteiger partial charge < -0.3 is 9.64 Å². The van der Waals surface area contributed by atoms with Crippen LogP contribution in [0.15, 0.2) is 42.5 Å². The lowest BCUT2D eigenvalue weighted by atomic mass is 9.62. The Balaban J connectivity index is 1.72. The molecule has 1 unspecified atom stereocenters. The van der Waals surface area contributed by atoms with Gasteiger partial charge in [0.1, 0.15) is 5.75 Å². The Morgan fingerprint density at radius 1 is 1.13 bits per heavy atom. The average molecular weight is 304 g/mol. The number of ether oxygens (including phenoxy) is 1. The van der Waals surface area contributed by atoms with E-state index in [9.17, 15) is 0 Å². The number of anilines is 1. The van der Waals surface area contributed by atoms with Gasteiger partial charge in [-0.05, 0) is 41.8 Å². The molecule has 0 aliphatic carbocycles. The van der Waals surface area contributed by atoms with E-state index in [-0.39, 0.29) is 11.6 Å². The predicted molar refractivity (Wildman–Crippen MR) is 90.0 cm³/mol. The van der Waals surface area contributed by atoms with Crippen molar-refractivity contribution in [3.05, 3.63) is 59.2 Å². The summed E-state index contributed by atoms with van der Waals surface area (Å²) in [5.41, 5.74) is 6.01. The fourth-order valence-electron chi connectivity index (χ4n) is 5.71. The number of hydrogen-bond donors (Lipinski definition) is 0. The Bertz CT molecular complexity index is 832. The number of piperidine rings is 1. The SMILES string of the molecule is CN1c2cccc3c2[C@]24CCN(C3)C[C@@H]2c2ccccc2O[C@H]14. The van der Waals surface area contributed by atoms with Crippen molar-refractivity contribution in [3.8, 4) is 5.75 Å². The van der Waals surface area contributed by atoms with Gasteiger partial charge >= 0.3 is 0 Å². The fourth-order valence-corrected chi connectivity index (χ4v) is 5.71. The highest BCUT2D eigenvalue weighted by Gasteiger charge is 2.62. The van der Waals surface area contributed by atoms with Crippen LogP contribution >= 0.6 is 0 Å². The first-order valence-corrected chi connectivity index (χ1v) is 8.62. The highest BCUT2D eigenvalue weighted by Crippen LogP contribution is 2.62. The van der Waals surface area contributed by atoms with Gasteiger partial charge in [0, 0.05) is 31.7 Å². The first-order valence-electron chi connectivity index (χ1n) is 8.62. The van der Waals surface area contributed by atoms with Crippen molar-refractivity contribution in [1.29, 1.82) is 0 Å². The summed E-state index contributed by atoms with van der Waals surface area (Å²) in [5, 5.41) is 0. The van der Waals surface area contributed by atoms with Crippen molar-refractivity contribution in [1.82, 2.24) is 4.90 Å². The van der Waals surface area contributed by atoms with Gasteiger partial charge in [-0.15, -0.1) is 0 Å². The van der Waals surface area contributed by atoms with E-state index in [0.717, 1.165) is 18.8 Å². The molecule has 3 nitrogen and oxygen atoms in total. The molecule has 1 fully saturated rings. The van der Waals surface area contributed by atoms with Crippen molar-refractivity contribution in [2.75, 3.05) is 25.0 Å². The Kier molecular flexibility index (Phi) is 2.11. The molecule has 0 saturated carbocycles. The van der Waals surface area contributed by atoms with Crippen LogP contribution in [0.25, 0.3) is 0 Å². The number of fused-ring (bicyclic) bond motifs is 2. The van der Waals surface area contributed by atoms with Crippen molar-refractivity contribution in [2.45, 2.75) is 30.5 Å². The number of benzene rings is 2. The molecule has 5 aliphatic rings. The normalized spacial score (nSPS) is 35.3. The molecule has 5 aliphatic heterocycles. The highest BCUT2D eigenvalue weighted by molar-refractivity contribution is 5.70. The number of likely N-dealkylation sites (N-methyl/N-ethyl adjacent to an activating group) is 1. The summed E-state index contributed by atoms with van der Waals surface area (Å²) >= 11 is 0. The van der Waals surface area contributed by atoms with Crippen LogP contribution in [0.1, 0.15) is 29.0 Å². The molecule has 23 heavy (non-hydrogen) atoms. The minimum atomic E-state index is 0.127. The second-order valence-corrected chi connectivity index (χ2v) is 7.51. The molecule has 2 aromatic rings. The van der Waals surface area contributed by atoms with Crippen LogP contribution in [0.3, 0.4) is 0 Å². The zero-order chi connectivity index (χ0) is 15.2. The van der Waals surface area contributed by atoms with Gasteiger partial charge in [0.25, 0.3) is 0 Å². The minimum Gasteiger partial charge on any atom is -0.469 e. The molecular formula is C20H20N2O. The molecule has 2 bridgehead atoms. The van der Waals surface area contributed by atoms with Gasteiger partial charge in [-0.3, -0.25) is 4.90 Å². The summed E-state index contributed by atoms with van der Waals surface area (Å²) in [4.78, 5) is 5.03. The maximum Gasteiger partial charge on any atom is 0.182 e. The molecule has 7 rings (SSSR count). The van der Waals surface area contributed by atoms with Crippen LogP contribution in [0, 0.1) is 0 Å². The van der Waals surface area contributed by atoms with Crippen molar-refractivity contribution < 1.29 is 4.74 Å². The van der Waals surface area contributed by atoms with Crippen LogP contribution in [-0.2, 0) is 12.0 Å². The Morgan fingerprint density at radius 2 is 2.04 bits per heavy atom. The topological polar surface area (TPSA) is 15.7 Å². The van der Waals surface area contributed by atoms with Gasteiger partial charge in [-0.2, -0.15) is 0 Å². The molecular weight excluding hydrogens is 284 g/mol. The summed E-state index contributed by atoms with van der Waals surface area (Å²) in [6.07, 6.45) is 1.34. The van der Waals surface area contributed by atoms with Crippen LogP contribution in [0.2, 0.25) is 0 Å². The third-order valence-corrected chi connectivity index (χ3v) is 6.60. The summed E-state index contributed by atoms with van der Waals surface area (Å²) in [6.45, 7) is 3.42. The number of rotatable bonds is 0.